The monoisotopic (exact) mass is 459 g/mol. The van der Waals surface area contributed by atoms with E-state index < -0.39 is 0 Å². The van der Waals surface area contributed by atoms with E-state index in [9.17, 15) is 9.59 Å². The molecule has 4 aromatic rings. The molecule has 2 amide bonds. The van der Waals surface area contributed by atoms with Crippen molar-refractivity contribution in [1.29, 1.82) is 0 Å². The molecule has 0 bridgehead atoms. The molecule has 0 atom stereocenters. The summed E-state index contributed by atoms with van der Waals surface area (Å²) < 4.78 is 12.7. The van der Waals surface area contributed by atoms with Gasteiger partial charge in [-0.15, -0.1) is 0 Å². The molecule has 0 saturated carbocycles. The number of amides is 2. The Morgan fingerprint density at radius 1 is 0.941 bits per heavy atom. The summed E-state index contributed by atoms with van der Waals surface area (Å²) in [5.41, 5.74) is 1.53. The number of furan rings is 1. The smallest absolute Gasteiger partial charge is 0.254 e. The Hall–Kier alpha value is -3.84. The van der Waals surface area contributed by atoms with Gasteiger partial charge < -0.3 is 23.5 Å². The van der Waals surface area contributed by atoms with Crippen molar-refractivity contribution in [3.8, 4) is 0 Å². The molecule has 0 aliphatic rings. The van der Waals surface area contributed by atoms with E-state index in [4.69, 9.17) is 9.15 Å². The minimum Gasteiger partial charge on any atom is -0.467 e. The third-order valence-electron chi connectivity index (χ3n) is 5.86. The second-order valence-electron chi connectivity index (χ2n) is 8.22. The molecule has 2 heterocycles. The number of carbonyl (C=O) groups excluding carboxylic acids is 2. The fourth-order valence-corrected chi connectivity index (χ4v) is 3.90. The number of nitrogens with zero attached hydrogens (tertiary/aromatic N) is 3. The van der Waals surface area contributed by atoms with Crippen LogP contribution in [-0.4, -0.2) is 53.0 Å². The van der Waals surface area contributed by atoms with Crippen molar-refractivity contribution in [2.24, 2.45) is 7.05 Å². The zero-order valence-electron chi connectivity index (χ0n) is 19.5. The number of aromatic nitrogens is 1. The number of carbonyl (C=O) groups is 2. The quantitative estimate of drug-likeness (QED) is 0.358. The highest BCUT2D eigenvalue weighted by Crippen LogP contribution is 2.18. The van der Waals surface area contributed by atoms with Crippen molar-refractivity contribution in [1.82, 2.24) is 14.4 Å². The molecule has 34 heavy (non-hydrogen) atoms. The van der Waals surface area contributed by atoms with Crippen molar-refractivity contribution in [2.75, 3.05) is 26.8 Å². The van der Waals surface area contributed by atoms with E-state index >= 15 is 0 Å². The summed E-state index contributed by atoms with van der Waals surface area (Å²) in [6, 6.07) is 21.1. The standard InChI is InChI=1S/C27H29N3O4/c1-28-13-5-9-24(28)18-30(19-25-10-6-15-34-25)26(31)20-29(14-16-33-2)27(32)23-12-11-21-7-3-4-8-22(21)17-23/h3-13,15,17H,14,16,18-20H2,1-2H3. The minimum absolute atomic E-state index is 0.0554. The maximum atomic E-state index is 13.5. The normalized spacial score (nSPS) is 11.0. The Morgan fingerprint density at radius 3 is 2.47 bits per heavy atom. The Labute approximate surface area is 199 Å². The Morgan fingerprint density at radius 2 is 1.76 bits per heavy atom. The predicted molar refractivity (Wildman–Crippen MR) is 130 cm³/mol. The van der Waals surface area contributed by atoms with Crippen LogP contribution < -0.4 is 0 Å². The number of rotatable bonds is 10. The summed E-state index contributed by atoms with van der Waals surface area (Å²) in [6.45, 7) is 1.32. The lowest BCUT2D eigenvalue weighted by atomic mass is 10.1. The van der Waals surface area contributed by atoms with Gasteiger partial charge in [-0.05, 0) is 47.2 Å². The van der Waals surface area contributed by atoms with E-state index in [0.29, 0.717) is 37.6 Å². The third kappa shape index (κ3) is 5.55. The Kier molecular flexibility index (Phi) is 7.44. The number of hydrogen-bond donors (Lipinski definition) is 0. The highest BCUT2D eigenvalue weighted by molar-refractivity contribution is 6.00. The highest BCUT2D eigenvalue weighted by atomic mass is 16.5. The first-order valence-corrected chi connectivity index (χ1v) is 11.2. The predicted octanol–water partition coefficient (Wildman–Crippen LogP) is 4.09. The molecule has 0 radical (unpaired) electrons. The van der Waals surface area contributed by atoms with Gasteiger partial charge >= 0.3 is 0 Å². The number of benzene rings is 2. The van der Waals surface area contributed by atoms with E-state index in [0.717, 1.165) is 16.5 Å². The van der Waals surface area contributed by atoms with Gasteiger partial charge in [-0.2, -0.15) is 0 Å². The van der Waals surface area contributed by atoms with E-state index in [1.54, 1.807) is 35.3 Å². The zero-order valence-corrected chi connectivity index (χ0v) is 19.5. The number of fused-ring (bicyclic) bond motifs is 1. The fourth-order valence-electron chi connectivity index (χ4n) is 3.90. The molecule has 7 heteroatoms. The Balaban J connectivity index is 1.55. The second kappa shape index (κ2) is 10.9. The van der Waals surface area contributed by atoms with Crippen LogP contribution in [0.1, 0.15) is 21.8 Å². The van der Waals surface area contributed by atoms with Gasteiger partial charge in [0.05, 0.1) is 26.0 Å². The summed E-state index contributed by atoms with van der Waals surface area (Å²) in [7, 11) is 3.53. The van der Waals surface area contributed by atoms with Crippen LogP contribution in [-0.2, 0) is 29.7 Å². The Bertz CT molecular complexity index is 1250. The van der Waals surface area contributed by atoms with Crippen LogP contribution in [0, 0.1) is 0 Å². The minimum atomic E-state index is -0.201. The molecule has 0 N–H and O–H groups in total. The molecule has 0 unspecified atom stereocenters. The first-order chi connectivity index (χ1) is 16.5. The number of hydrogen-bond acceptors (Lipinski definition) is 4. The molecule has 0 saturated heterocycles. The molecule has 176 valence electrons. The molecule has 7 nitrogen and oxygen atoms in total. The lowest BCUT2D eigenvalue weighted by Crippen LogP contribution is -2.43. The van der Waals surface area contributed by atoms with E-state index in [1.165, 1.54) is 0 Å². The first-order valence-electron chi connectivity index (χ1n) is 11.2. The van der Waals surface area contributed by atoms with Gasteiger partial charge in [0, 0.05) is 38.2 Å². The summed E-state index contributed by atoms with van der Waals surface area (Å²) >= 11 is 0. The van der Waals surface area contributed by atoms with Crippen molar-refractivity contribution in [2.45, 2.75) is 13.1 Å². The molecule has 2 aromatic carbocycles. The summed E-state index contributed by atoms with van der Waals surface area (Å²) in [5.74, 6) is 0.322. The van der Waals surface area contributed by atoms with Gasteiger partial charge in [0.15, 0.2) is 0 Å². The molecule has 0 aliphatic heterocycles. The van der Waals surface area contributed by atoms with Gasteiger partial charge in [0.1, 0.15) is 12.3 Å². The summed E-state index contributed by atoms with van der Waals surface area (Å²) in [6.07, 6.45) is 3.54. The van der Waals surface area contributed by atoms with E-state index in [2.05, 4.69) is 0 Å². The van der Waals surface area contributed by atoms with Crippen LogP contribution >= 0.6 is 0 Å². The third-order valence-corrected chi connectivity index (χ3v) is 5.86. The van der Waals surface area contributed by atoms with Crippen molar-refractivity contribution >= 4 is 22.6 Å². The maximum Gasteiger partial charge on any atom is 0.254 e. The molecule has 4 rings (SSSR count). The van der Waals surface area contributed by atoms with Crippen LogP contribution in [0.3, 0.4) is 0 Å². The zero-order chi connectivity index (χ0) is 23.9. The van der Waals surface area contributed by atoms with E-state index in [1.807, 2.05) is 72.4 Å². The van der Waals surface area contributed by atoms with Gasteiger partial charge in [-0.1, -0.05) is 30.3 Å². The molecular formula is C27H29N3O4. The largest absolute Gasteiger partial charge is 0.467 e. The molecule has 0 aliphatic carbocycles. The van der Waals surface area contributed by atoms with Crippen LogP contribution in [0.2, 0.25) is 0 Å². The molecule has 0 spiro atoms. The average molecular weight is 460 g/mol. The van der Waals surface area contributed by atoms with E-state index in [-0.39, 0.29) is 18.4 Å². The SMILES string of the molecule is COCCN(CC(=O)N(Cc1ccco1)Cc1cccn1C)C(=O)c1ccc2ccccc2c1. The molecular weight excluding hydrogens is 430 g/mol. The van der Waals surface area contributed by atoms with Crippen LogP contribution in [0.25, 0.3) is 10.8 Å². The fraction of sp³-hybridized carbons (Fsp3) is 0.259. The molecule has 2 aromatic heterocycles. The van der Waals surface area contributed by atoms with Crippen LogP contribution in [0.15, 0.2) is 83.6 Å². The highest BCUT2D eigenvalue weighted by Gasteiger charge is 2.24. The number of aryl methyl sites for hydroxylation is 1. The lowest BCUT2D eigenvalue weighted by Gasteiger charge is -2.27. The van der Waals surface area contributed by atoms with Gasteiger partial charge in [-0.25, -0.2) is 0 Å². The number of ether oxygens (including phenoxy) is 1. The van der Waals surface area contributed by atoms with Crippen LogP contribution in [0.4, 0.5) is 0 Å². The topological polar surface area (TPSA) is 67.9 Å². The first kappa shape index (κ1) is 23.3. The van der Waals surface area contributed by atoms with Crippen molar-refractivity contribution in [3.63, 3.8) is 0 Å². The average Bonchev–Trinajstić information content (AvgIpc) is 3.52. The summed E-state index contributed by atoms with van der Waals surface area (Å²) in [4.78, 5) is 30.1. The van der Waals surface area contributed by atoms with Gasteiger partial charge in [0.2, 0.25) is 5.91 Å². The maximum absolute atomic E-state index is 13.5. The number of methoxy groups -OCH3 is 1. The van der Waals surface area contributed by atoms with Gasteiger partial charge in [-0.3, -0.25) is 9.59 Å². The lowest BCUT2D eigenvalue weighted by molar-refractivity contribution is -0.133. The van der Waals surface area contributed by atoms with Crippen molar-refractivity contribution in [3.05, 3.63) is 96.2 Å². The second-order valence-corrected chi connectivity index (χ2v) is 8.22. The summed E-state index contributed by atoms with van der Waals surface area (Å²) in [5, 5.41) is 2.04. The molecule has 0 fully saturated rings. The van der Waals surface area contributed by atoms with Gasteiger partial charge in [0.25, 0.3) is 5.91 Å². The van der Waals surface area contributed by atoms with Crippen molar-refractivity contribution < 1.29 is 18.7 Å². The van der Waals surface area contributed by atoms with Crippen LogP contribution in [0.5, 0.6) is 0 Å².